The molecule has 0 saturated carbocycles. The van der Waals surface area contributed by atoms with Crippen LogP contribution in [0.3, 0.4) is 0 Å². The monoisotopic (exact) mass is 321 g/mol. The van der Waals surface area contributed by atoms with Crippen LogP contribution in [0.4, 0.5) is 25.8 Å². The standard InChI is InChI=1S/C15H13F2N3O3/c1-9-2-4-11(20(22)23)7-13(9)18-8-15(21)19-14-6-10(16)3-5-12(14)17/h2-7,18H,8H2,1H3,(H,19,21). The summed E-state index contributed by atoms with van der Waals surface area (Å²) in [5.41, 5.74) is 0.733. The predicted molar refractivity (Wildman–Crippen MR) is 81.3 cm³/mol. The first-order valence-electron chi connectivity index (χ1n) is 6.60. The number of amides is 1. The number of nitrogens with zero attached hydrogens (tertiary/aromatic N) is 1. The van der Waals surface area contributed by atoms with Gasteiger partial charge in [0, 0.05) is 23.9 Å². The van der Waals surface area contributed by atoms with E-state index in [0.29, 0.717) is 11.3 Å². The molecule has 0 aliphatic rings. The summed E-state index contributed by atoms with van der Waals surface area (Å²) in [6.45, 7) is 1.47. The van der Waals surface area contributed by atoms with E-state index in [0.717, 1.165) is 18.2 Å². The fraction of sp³-hybridized carbons (Fsp3) is 0.133. The van der Waals surface area contributed by atoms with Crippen LogP contribution in [-0.2, 0) is 4.79 Å². The lowest BCUT2D eigenvalue weighted by Crippen LogP contribution is -2.22. The van der Waals surface area contributed by atoms with Crippen LogP contribution < -0.4 is 10.6 Å². The van der Waals surface area contributed by atoms with E-state index in [1.165, 1.54) is 12.1 Å². The third kappa shape index (κ3) is 4.22. The van der Waals surface area contributed by atoms with Gasteiger partial charge in [-0.15, -0.1) is 0 Å². The number of nitrogens with one attached hydrogen (secondary N) is 2. The Hall–Kier alpha value is -3.03. The van der Waals surface area contributed by atoms with Crippen LogP contribution in [0.1, 0.15) is 5.56 Å². The largest absolute Gasteiger partial charge is 0.376 e. The van der Waals surface area contributed by atoms with E-state index >= 15 is 0 Å². The van der Waals surface area contributed by atoms with Gasteiger partial charge in [0.25, 0.3) is 5.69 Å². The third-order valence-electron chi connectivity index (χ3n) is 3.07. The average molecular weight is 321 g/mol. The summed E-state index contributed by atoms with van der Waals surface area (Å²) in [5.74, 6) is -2.05. The van der Waals surface area contributed by atoms with Crippen LogP contribution >= 0.6 is 0 Å². The van der Waals surface area contributed by atoms with E-state index in [2.05, 4.69) is 10.6 Å². The molecule has 2 aromatic rings. The van der Waals surface area contributed by atoms with E-state index in [1.807, 2.05) is 0 Å². The van der Waals surface area contributed by atoms with Crippen molar-refractivity contribution in [3.05, 3.63) is 63.7 Å². The Bertz CT molecular complexity index is 766. The van der Waals surface area contributed by atoms with Gasteiger partial charge in [0.1, 0.15) is 11.6 Å². The highest BCUT2D eigenvalue weighted by Gasteiger charge is 2.11. The molecule has 0 atom stereocenters. The number of hydrogen-bond acceptors (Lipinski definition) is 4. The van der Waals surface area contributed by atoms with Gasteiger partial charge in [-0.3, -0.25) is 14.9 Å². The third-order valence-corrected chi connectivity index (χ3v) is 3.07. The first-order chi connectivity index (χ1) is 10.9. The number of nitro benzene ring substituents is 1. The maximum absolute atomic E-state index is 13.4. The van der Waals surface area contributed by atoms with Gasteiger partial charge < -0.3 is 10.6 Å². The highest BCUT2D eigenvalue weighted by atomic mass is 19.1. The summed E-state index contributed by atoms with van der Waals surface area (Å²) < 4.78 is 26.4. The van der Waals surface area contributed by atoms with Gasteiger partial charge in [0.2, 0.25) is 5.91 Å². The molecule has 2 aromatic carbocycles. The Morgan fingerprint density at radius 2 is 1.91 bits per heavy atom. The van der Waals surface area contributed by atoms with Gasteiger partial charge in [0.15, 0.2) is 0 Å². The molecule has 0 aliphatic carbocycles. The molecule has 120 valence electrons. The highest BCUT2D eigenvalue weighted by Crippen LogP contribution is 2.21. The van der Waals surface area contributed by atoms with E-state index in [-0.39, 0.29) is 17.9 Å². The van der Waals surface area contributed by atoms with E-state index < -0.39 is 22.5 Å². The molecule has 6 nitrogen and oxygen atoms in total. The second-order valence-electron chi connectivity index (χ2n) is 4.78. The van der Waals surface area contributed by atoms with Gasteiger partial charge in [-0.2, -0.15) is 0 Å². The predicted octanol–water partition coefficient (Wildman–Crippen LogP) is 3.23. The summed E-state index contributed by atoms with van der Waals surface area (Å²) >= 11 is 0. The first kappa shape index (κ1) is 16.3. The second kappa shape index (κ2) is 6.82. The number of carbonyl (C=O) groups is 1. The van der Waals surface area contributed by atoms with Crippen molar-refractivity contribution >= 4 is 23.0 Å². The molecule has 0 spiro atoms. The molecule has 0 aliphatic heterocycles. The van der Waals surface area contributed by atoms with Gasteiger partial charge in [-0.1, -0.05) is 6.07 Å². The van der Waals surface area contributed by atoms with Crippen molar-refractivity contribution in [1.29, 1.82) is 0 Å². The molecule has 8 heteroatoms. The number of halogens is 2. The summed E-state index contributed by atoms with van der Waals surface area (Å²) in [4.78, 5) is 22.0. The lowest BCUT2D eigenvalue weighted by molar-refractivity contribution is -0.384. The smallest absolute Gasteiger partial charge is 0.271 e. The molecule has 23 heavy (non-hydrogen) atoms. The molecular formula is C15H13F2N3O3. The van der Waals surface area contributed by atoms with Gasteiger partial charge in [0.05, 0.1) is 17.2 Å². The molecule has 2 N–H and O–H groups in total. The fourth-order valence-electron chi connectivity index (χ4n) is 1.88. The minimum Gasteiger partial charge on any atom is -0.376 e. The van der Waals surface area contributed by atoms with Gasteiger partial charge in [-0.05, 0) is 24.6 Å². The molecule has 0 bridgehead atoms. The topological polar surface area (TPSA) is 84.3 Å². The summed E-state index contributed by atoms with van der Waals surface area (Å²) in [6, 6.07) is 6.91. The molecule has 0 heterocycles. The van der Waals surface area contributed by atoms with Crippen molar-refractivity contribution in [3.63, 3.8) is 0 Å². The molecule has 0 fully saturated rings. The SMILES string of the molecule is Cc1ccc([N+](=O)[O-])cc1NCC(=O)Nc1cc(F)ccc1F. The number of nitro groups is 1. The summed E-state index contributed by atoms with van der Waals surface area (Å²) in [5, 5.41) is 15.7. The van der Waals surface area contributed by atoms with Crippen molar-refractivity contribution in [1.82, 2.24) is 0 Å². The van der Waals surface area contributed by atoms with Crippen molar-refractivity contribution in [3.8, 4) is 0 Å². The van der Waals surface area contributed by atoms with Crippen LogP contribution in [0, 0.1) is 28.7 Å². The second-order valence-corrected chi connectivity index (χ2v) is 4.78. The number of aryl methyl sites for hydroxylation is 1. The molecule has 0 radical (unpaired) electrons. The fourth-order valence-corrected chi connectivity index (χ4v) is 1.88. The Balaban J connectivity index is 2.03. The zero-order valence-corrected chi connectivity index (χ0v) is 12.1. The van der Waals surface area contributed by atoms with Crippen LogP contribution in [0.15, 0.2) is 36.4 Å². The van der Waals surface area contributed by atoms with Gasteiger partial charge >= 0.3 is 0 Å². The normalized spacial score (nSPS) is 10.2. The van der Waals surface area contributed by atoms with Crippen molar-refractivity contribution in [2.24, 2.45) is 0 Å². The van der Waals surface area contributed by atoms with Gasteiger partial charge in [-0.25, -0.2) is 8.78 Å². The number of non-ortho nitro benzene ring substituents is 1. The quantitative estimate of drug-likeness (QED) is 0.654. The minimum atomic E-state index is -0.758. The summed E-state index contributed by atoms with van der Waals surface area (Å²) in [6.07, 6.45) is 0. The lowest BCUT2D eigenvalue weighted by atomic mass is 10.2. The van der Waals surface area contributed by atoms with E-state index in [9.17, 15) is 23.7 Å². The lowest BCUT2D eigenvalue weighted by Gasteiger charge is -2.10. The Labute approximate surface area is 130 Å². The Kier molecular flexibility index (Phi) is 4.85. The first-order valence-corrected chi connectivity index (χ1v) is 6.60. The number of anilines is 2. The average Bonchev–Trinajstić information content (AvgIpc) is 2.50. The molecular weight excluding hydrogens is 308 g/mol. The van der Waals surface area contributed by atoms with Crippen molar-refractivity contribution < 1.29 is 18.5 Å². The Morgan fingerprint density at radius 3 is 2.61 bits per heavy atom. The molecule has 0 saturated heterocycles. The van der Waals surface area contributed by atoms with Crippen LogP contribution in [-0.4, -0.2) is 17.4 Å². The van der Waals surface area contributed by atoms with Crippen LogP contribution in [0.5, 0.6) is 0 Å². The zero-order chi connectivity index (χ0) is 17.0. The molecule has 2 rings (SSSR count). The number of carbonyl (C=O) groups excluding carboxylic acids is 1. The molecule has 0 aromatic heterocycles. The maximum Gasteiger partial charge on any atom is 0.271 e. The molecule has 0 unspecified atom stereocenters. The van der Waals surface area contributed by atoms with E-state index in [4.69, 9.17) is 0 Å². The number of rotatable bonds is 5. The van der Waals surface area contributed by atoms with Crippen LogP contribution in [0.25, 0.3) is 0 Å². The minimum absolute atomic E-state index is 0.116. The van der Waals surface area contributed by atoms with Crippen molar-refractivity contribution in [2.45, 2.75) is 6.92 Å². The number of hydrogen-bond donors (Lipinski definition) is 2. The van der Waals surface area contributed by atoms with E-state index in [1.54, 1.807) is 13.0 Å². The Morgan fingerprint density at radius 1 is 1.17 bits per heavy atom. The molecule has 1 amide bonds. The number of benzene rings is 2. The van der Waals surface area contributed by atoms with Crippen molar-refractivity contribution in [2.75, 3.05) is 17.2 Å². The zero-order valence-electron chi connectivity index (χ0n) is 12.1. The van der Waals surface area contributed by atoms with Crippen LogP contribution in [0.2, 0.25) is 0 Å². The maximum atomic E-state index is 13.4. The highest BCUT2D eigenvalue weighted by molar-refractivity contribution is 5.94. The summed E-state index contributed by atoms with van der Waals surface area (Å²) in [7, 11) is 0.